The molecule has 1 unspecified atom stereocenters. The van der Waals surface area contributed by atoms with Gasteiger partial charge in [-0.25, -0.2) is 0 Å². The molecule has 0 aliphatic carbocycles. The molecule has 3 N–H and O–H groups in total. The van der Waals surface area contributed by atoms with E-state index in [4.69, 9.17) is 27.0 Å². The Labute approximate surface area is 79.5 Å². The third kappa shape index (κ3) is 2.19. The highest BCUT2D eigenvalue weighted by molar-refractivity contribution is 6.30. The molecule has 0 bridgehead atoms. The van der Waals surface area contributed by atoms with E-state index in [1.54, 1.807) is 6.92 Å². The maximum atomic E-state index is 10.4. The Morgan fingerprint density at radius 1 is 1.85 bits per heavy atom. The van der Waals surface area contributed by atoms with Gasteiger partial charge in [0.1, 0.15) is 11.8 Å². The van der Waals surface area contributed by atoms with Crippen LogP contribution in [0.5, 0.6) is 0 Å². The zero-order chi connectivity index (χ0) is 10.0. The minimum absolute atomic E-state index is 0.0981. The number of aliphatic carboxylic acids is 1. The first kappa shape index (κ1) is 10.0. The number of nitrogens with two attached hydrogens (primary N) is 1. The molecule has 5 nitrogen and oxygen atoms in total. The van der Waals surface area contributed by atoms with Gasteiger partial charge in [-0.1, -0.05) is 16.8 Å². The Morgan fingerprint density at radius 2 is 2.46 bits per heavy atom. The van der Waals surface area contributed by atoms with E-state index in [0.29, 0.717) is 11.3 Å². The second-order valence-electron chi connectivity index (χ2n) is 2.67. The van der Waals surface area contributed by atoms with Gasteiger partial charge in [0.2, 0.25) is 0 Å². The smallest absolute Gasteiger partial charge is 0.320 e. The summed E-state index contributed by atoms with van der Waals surface area (Å²) in [6, 6.07) is -0.984. The standard InChI is InChI=1S/C7H9ClN2O3/c1-3-5(13-10-6(3)8)2-4(9)7(11)12/h4H,2,9H2,1H3,(H,11,12). The summed E-state index contributed by atoms with van der Waals surface area (Å²) in [6.45, 7) is 1.70. The van der Waals surface area contributed by atoms with Crippen LogP contribution in [0.4, 0.5) is 0 Å². The Bertz CT molecular complexity index is 324. The summed E-state index contributed by atoms with van der Waals surface area (Å²) < 4.78 is 4.79. The topological polar surface area (TPSA) is 89.4 Å². The number of hydrogen-bond donors (Lipinski definition) is 2. The molecule has 1 heterocycles. The minimum Gasteiger partial charge on any atom is -0.480 e. The van der Waals surface area contributed by atoms with Crippen molar-refractivity contribution in [3.8, 4) is 0 Å². The summed E-state index contributed by atoms with van der Waals surface area (Å²) in [7, 11) is 0. The van der Waals surface area contributed by atoms with Crippen molar-refractivity contribution in [3.63, 3.8) is 0 Å². The lowest BCUT2D eigenvalue weighted by Gasteiger charge is -2.02. The van der Waals surface area contributed by atoms with Crippen LogP contribution in [0.3, 0.4) is 0 Å². The van der Waals surface area contributed by atoms with E-state index in [-0.39, 0.29) is 11.6 Å². The lowest BCUT2D eigenvalue weighted by atomic mass is 10.1. The van der Waals surface area contributed by atoms with Gasteiger partial charge in [-0.15, -0.1) is 0 Å². The summed E-state index contributed by atoms with van der Waals surface area (Å²) in [5, 5.41) is 12.2. The molecule has 0 spiro atoms. The normalized spacial score (nSPS) is 12.8. The fourth-order valence-corrected chi connectivity index (χ4v) is 0.964. The highest BCUT2D eigenvalue weighted by Crippen LogP contribution is 2.18. The number of nitrogens with zero attached hydrogens (tertiary/aromatic N) is 1. The number of aromatic nitrogens is 1. The number of carboxylic acids is 1. The average molecular weight is 205 g/mol. The third-order valence-corrected chi connectivity index (χ3v) is 2.04. The summed E-state index contributed by atoms with van der Waals surface area (Å²) in [5.41, 5.74) is 5.93. The maximum Gasteiger partial charge on any atom is 0.320 e. The van der Waals surface area contributed by atoms with E-state index in [1.807, 2.05) is 0 Å². The number of rotatable bonds is 3. The van der Waals surface area contributed by atoms with Crippen molar-refractivity contribution in [2.75, 3.05) is 0 Å². The molecule has 0 aliphatic rings. The highest BCUT2D eigenvalue weighted by Gasteiger charge is 2.18. The van der Waals surface area contributed by atoms with E-state index in [9.17, 15) is 4.79 Å². The number of carbonyl (C=O) groups is 1. The first-order valence-electron chi connectivity index (χ1n) is 3.61. The fraction of sp³-hybridized carbons (Fsp3) is 0.429. The highest BCUT2D eigenvalue weighted by atomic mass is 35.5. The number of hydrogen-bond acceptors (Lipinski definition) is 4. The van der Waals surface area contributed by atoms with Crippen LogP contribution in [0.25, 0.3) is 0 Å². The third-order valence-electron chi connectivity index (χ3n) is 1.69. The lowest BCUT2D eigenvalue weighted by molar-refractivity contribution is -0.138. The quantitative estimate of drug-likeness (QED) is 0.752. The predicted molar refractivity (Wildman–Crippen MR) is 45.6 cm³/mol. The van der Waals surface area contributed by atoms with Crippen molar-refractivity contribution in [2.24, 2.45) is 5.73 Å². The molecular weight excluding hydrogens is 196 g/mol. The van der Waals surface area contributed by atoms with Crippen molar-refractivity contribution in [1.82, 2.24) is 5.16 Å². The zero-order valence-electron chi connectivity index (χ0n) is 6.95. The molecule has 0 aliphatic heterocycles. The Balaban J connectivity index is 2.74. The van der Waals surface area contributed by atoms with Gasteiger partial charge >= 0.3 is 5.97 Å². The first-order valence-corrected chi connectivity index (χ1v) is 3.99. The Morgan fingerprint density at radius 3 is 2.85 bits per heavy atom. The van der Waals surface area contributed by atoms with Crippen LogP contribution >= 0.6 is 11.6 Å². The monoisotopic (exact) mass is 204 g/mol. The molecule has 0 fully saturated rings. The van der Waals surface area contributed by atoms with Crippen LogP contribution in [0.1, 0.15) is 11.3 Å². The van der Waals surface area contributed by atoms with Crippen molar-refractivity contribution >= 4 is 17.6 Å². The SMILES string of the molecule is Cc1c(Cl)noc1CC(N)C(=O)O. The van der Waals surface area contributed by atoms with Gasteiger partial charge in [0, 0.05) is 12.0 Å². The maximum absolute atomic E-state index is 10.4. The molecule has 1 aromatic heterocycles. The molecule has 1 rings (SSSR count). The van der Waals surface area contributed by atoms with Gasteiger partial charge in [0.15, 0.2) is 5.15 Å². The Hall–Kier alpha value is -1.07. The summed E-state index contributed by atoms with van der Waals surface area (Å²) in [4.78, 5) is 10.4. The predicted octanol–water partition coefficient (Wildman–Crippen LogP) is 0.591. The molecule has 1 aromatic rings. The van der Waals surface area contributed by atoms with Crippen LogP contribution in [0.15, 0.2) is 4.52 Å². The second-order valence-corrected chi connectivity index (χ2v) is 3.03. The van der Waals surface area contributed by atoms with Gasteiger partial charge < -0.3 is 15.4 Å². The van der Waals surface area contributed by atoms with E-state index < -0.39 is 12.0 Å². The van der Waals surface area contributed by atoms with Crippen LogP contribution in [-0.4, -0.2) is 22.3 Å². The van der Waals surface area contributed by atoms with Gasteiger partial charge in [-0.3, -0.25) is 4.79 Å². The van der Waals surface area contributed by atoms with Crippen LogP contribution in [0.2, 0.25) is 5.15 Å². The lowest BCUT2D eigenvalue weighted by Crippen LogP contribution is -2.32. The molecule has 0 amide bonds. The van der Waals surface area contributed by atoms with Gasteiger partial charge in [-0.2, -0.15) is 0 Å². The number of halogens is 1. The van der Waals surface area contributed by atoms with Crippen LogP contribution in [-0.2, 0) is 11.2 Å². The van der Waals surface area contributed by atoms with Gasteiger partial charge in [-0.05, 0) is 6.92 Å². The van der Waals surface area contributed by atoms with Crippen LogP contribution in [0, 0.1) is 6.92 Å². The fourth-order valence-electron chi connectivity index (χ4n) is 0.825. The second kappa shape index (κ2) is 3.76. The van der Waals surface area contributed by atoms with Crippen molar-refractivity contribution in [3.05, 3.63) is 16.5 Å². The van der Waals surface area contributed by atoms with Crippen LogP contribution < -0.4 is 5.73 Å². The zero-order valence-corrected chi connectivity index (χ0v) is 7.71. The molecule has 1 atom stereocenters. The van der Waals surface area contributed by atoms with E-state index in [2.05, 4.69) is 5.16 Å². The molecular formula is C7H9ClN2O3. The molecule has 6 heteroatoms. The summed E-state index contributed by atoms with van der Waals surface area (Å²) in [5.74, 6) is -0.660. The Kier molecular flexibility index (Phi) is 2.90. The van der Waals surface area contributed by atoms with Gasteiger partial charge in [0.05, 0.1) is 0 Å². The van der Waals surface area contributed by atoms with E-state index in [0.717, 1.165) is 0 Å². The first-order chi connectivity index (χ1) is 6.02. The molecule has 0 radical (unpaired) electrons. The van der Waals surface area contributed by atoms with Crippen molar-refractivity contribution in [1.29, 1.82) is 0 Å². The molecule has 0 saturated carbocycles. The largest absolute Gasteiger partial charge is 0.480 e. The molecule has 0 aromatic carbocycles. The summed E-state index contributed by atoms with van der Waals surface area (Å²) >= 11 is 5.60. The average Bonchev–Trinajstić information content (AvgIpc) is 2.36. The molecule has 0 saturated heterocycles. The molecule has 13 heavy (non-hydrogen) atoms. The van der Waals surface area contributed by atoms with Gasteiger partial charge in [0.25, 0.3) is 0 Å². The van der Waals surface area contributed by atoms with Crippen molar-refractivity contribution in [2.45, 2.75) is 19.4 Å². The van der Waals surface area contributed by atoms with E-state index in [1.165, 1.54) is 0 Å². The molecule has 72 valence electrons. The summed E-state index contributed by atoms with van der Waals surface area (Å²) in [6.07, 6.45) is 0.0981. The number of carboxylic acid groups (broad SMARTS) is 1. The van der Waals surface area contributed by atoms with E-state index >= 15 is 0 Å². The minimum atomic E-state index is -1.08. The van der Waals surface area contributed by atoms with Crippen molar-refractivity contribution < 1.29 is 14.4 Å².